The van der Waals surface area contributed by atoms with Gasteiger partial charge in [-0.2, -0.15) is 0 Å². The minimum atomic E-state index is -2.05. The van der Waals surface area contributed by atoms with Gasteiger partial charge in [0.25, 0.3) is 0 Å². The van der Waals surface area contributed by atoms with Gasteiger partial charge < -0.3 is 19.4 Å². The van der Waals surface area contributed by atoms with E-state index in [2.05, 4.69) is 4.65 Å². The molecule has 2 N–H and O–H groups in total. The molecule has 0 radical (unpaired) electrons. The largest absolute Gasteiger partial charge is 0.707 e. The molecule has 0 unspecified atom stereocenters. The lowest BCUT2D eigenvalue weighted by Crippen LogP contribution is -2.21. The molecule has 0 aliphatic rings. The van der Waals surface area contributed by atoms with Gasteiger partial charge in [-0.25, -0.2) is 4.39 Å². The first-order chi connectivity index (χ1) is 6.99. The normalized spacial score (nSPS) is 10.3. The summed E-state index contributed by atoms with van der Waals surface area (Å²) in [6, 6.07) is 3.83. The SMILES string of the molecule is CC(C)Oc1ccc(F)c(OB(O)O)c1. The van der Waals surface area contributed by atoms with Crippen molar-refractivity contribution in [3.63, 3.8) is 0 Å². The van der Waals surface area contributed by atoms with E-state index in [4.69, 9.17) is 14.8 Å². The number of hydrogen-bond acceptors (Lipinski definition) is 4. The first kappa shape index (κ1) is 11.8. The average Bonchev–Trinajstić information content (AvgIpc) is 2.09. The van der Waals surface area contributed by atoms with E-state index < -0.39 is 13.1 Å². The highest BCUT2D eigenvalue weighted by atomic mass is 19.1. The second-order valence-electron chi connectivity index (χ2n) is 3.20. The highest BCUT2D eigenvalue weighted by Gasteiger charge is 2.15. The van der Waals surface area contributed by atoms with Gasteiger partial charge in [0.15, 0.2) is 5.82 Å². The molecule has 6 heteroatoms. The van der Waals surface area contributed by atoms with E-state index in [-0.39, 0.29) is 11.9 Å². The van der Waals surface area contributed by atoms with Crippen LogP contribution in [-0.2, 0) is 0 Å². The van der Waals surface area contributed by atoms with Crippen molar-refractivity contribution >= 4 is 7.32 Å². The Labute approximate surface area is 87.4 Å². The topological polar surface area (TPSA) is 58.9 Å². The third-order valence-electron chi connectivity index (χ3n) is 1.51. The monoisotopic (exact) mass is 214 g/mol. The van der Waals surface area contributed by atoms with Crippen molar-refractivity contribution in [2.45, 2.75) is 20.0 Å². The summed E-state index contributed by atoms with van der Waals surface area (Å²) < 4.78 is 22.8. The van der Waals surface area contributed by atoms with Crippen molar-refractivity contribution in [3.8, 4) is 11.5 Å². The third kappa shape index (κ3) is 3.77. The fourth-order valence-electron chi connectivity index (χ4n) is 1.03. The van der Waals surface area contributed by atoms with Crippen LogP contribution in [0.1, 0.15) is 13.8 Å². The Morgan fingerprint density at radius 1 is 1.33 bits per heavy atom. The molecule has 0 aliphatic heterocycles. The molecule has 0 aliphatic carbocycles. The standard InChI is InChI=1S/C9H12BFO4/c1-6(2)14-7-3-4-8(11)9(5-7)15-10(12)13/h3-6,12-13H,1-2H3. The summed E-state index contributed by atoms with van der Waals surface area (Å²) in [6.07, 6.45) is -0.0534. The molecular formula is C9H12BFO4. The number of rotatable bonds is 4. The Morgan fingerprint density at radius 3 is 2.53 bits per heavy atom. The van der Waals surface area contributed by atoms with E-state index in [9.17, 15) is 4.39 Å². The van der Waals surface area contributed by atoms with Gasteiger partial charge in [-0.15, -0.1) is 0 Å². The Kier molecular flexibility index (Phi) is 3.93. The maximum absolute atomic E-state index is 13.1. The summed E-state index contributed by atoms with van der Waals surface area (Å²) in [5.41, 5.74) is 0. The fraction of sp³-hybridized carbons (Fsp3) is 0.333. The zero-order chi connectivity index (χ0) is 11.4. The van der Waals surface area contributed by atoms with Crippen LogP contribution in [0.5, 0.6) is 11.5 Å². The molecule has 4 nitrogen and oxygen atoms in total. The van der Waals surface area contributed by atoms with Crippen LogP contribution in [-0.4, -0.2) is 23.5 Å². The van der Waals surface area contributed by atoms with Crippen molar-refractivity contribution in [2.75, 3.05) is 0 Å². The van der Waals surface area contributed by atoms with E-state index in [0.717, 1.165) is 6.07 Å². The Morgan fingerprint density at radius 2 is 2.00 bits per heavy atom. The number of benzene rings is 1. The molecule has 0 heterocycles. The molecule has 1 rings (SSSR count). The van der Waals surface area contributed by atoms with Crippen LogP contribution in [0, 0.1) is 5.82 Å². The van der Waals surface area contributed by atoms with Crippen LogP contribution in [0.25, 0.3) is 0 Å². The van der Waals surface area contributed by atoms with Gasteiger partial charge in [-0.1, -0.05) is 0 Å². The van der Waals surface area contributed by atoms with Crippen LogP contribution in [0.2, 0.25) is 0 Å². The van der Waals surface area contributed by atoms with Crippen molar-refractivity contribution in [1.29, 1.82) is 0 Å². The van der Waals surface area contributed by atoms with Crippen LogP contribution in [0.15, 0.2) is 18.2 Å². The van der Waals surface area contributed by atoms with Crippen LogP contribution in [0.3, 0.4) is 0 Å². The van der Waals surface area contributed by atoms with E-state index >= 15 is 0 Å². The molecule has 1 aromatic rings. The highest BCUT2D eigenvalue weighted by molar-refractivity contribution is 6.33. The Bertz CT molecular complexity index is 330. The number of ether oxygens (including phenoxy) is 1. The van der Waals surface area contributed by atoms with E-state index in [1.807, 2.05) is 13.8 Å². The summed E-state index contributed by atoms with van der Waals surface area (Å²) in [7, 11) is -2.05. The van der Waals surface area contributed by atoms with E-state index in [1.165, 1.54) is 12.1 Å². The Balaban J connectivity index is 2.85. The zero-order valence-electron chi connectivity index (χ0n) is 8.48. The van der Waals surface area contributed by atoms with E-state index in [0.29, 0.717) is 5.75 Å². The lowest BCUT2D eigenvalue weighted by Gasteiger charge is -2.12. The number of halogens is 1. The molecule has 15 heavy (non-hydrogen) atoms. The fourth-order valence-corrected chi connectivity index (χ4v) is 1.03. The molecule has 0 amide bonds. The number of hydrogen-bond donors (Lipinski definition) is 2. The molecule has 0 saturated heterocycles. The highest BCUT2D eigenvalue weighted by Crippen LogP contribution is 2.24. The van der Waals surface area contributed by atoms with E-state index in [1.54, 1.807) is 0 Å². The van der Waals surface area contributed by atoms with Gasteiger partial charge in [0.1, 0.15) is 11.5 Å². The van der Waals surface area contributed by atoms with Gasteiger partial charge in [-0.05, 0) is 26.0 Å². The molecule has 0 bridgehead atoms. The summed E-state index contributed by atoms with van der Waals surface area (Å²) in [6.45, 7) is 3.65. The Hall–Kier alpha value is -1.27. The summed E-state index contributed by atoms with van der Waals surface area (Å²) in [4.78, 5) is 0. The van der Waals surface area contributed by atoms with Gasteiger partial charge in [0.05, 0.1) is 6.10 Å². The van der Waals surface area contributed by atoms with Crippen LogP contribution < -0.4 is 9.39 Å². The average molecular weight is 214 g/mol. The minimum absolute atomic E-state index is 0.0534. The smallest absolute Gasteiger partial charge is 0.509 e. The minimum Gasteiger partial charge on any atom is -0.509 e. The van der Waals surface area contributed by atoms with Crippen LogP contribution in [0.4, 0.5) is 4.39 Å². The zero-order valence-corrected chi connectivity index (χ0v) is 8.48. The molecular weight excluding hydrogens is 202 g/mol. The van der Waals surface area contributed by atoms with Crippen molar-refractivity contribution in [2.24, 2.45) is 0 Å². The lowest BCUT2D eigenvalue weighted by atomic mass is 10.2. The predicted molar refractivity (Wildman–Crippen MR) is 53.0 cm³/mol. The van der Waals surface area contributed by atoms with Crippen molar-refractivity contribution in [3.05, 3.63) is 24.0 Å². The second kappa shape index (κ2) is 5.00. The third-order valence-corrected chi connectivity index (χ3v) is 1.51. The first-order valence-corrected chi connectivity index (χ1v) is 4.48. The molecule has 0 saturated carbocycles. The first-order valence-electron chi connectivity index (χ1n) is 4.48. The quantitative estimate of drug-likeness (QED) is 0.733. The maximum atomic E-state index is 13.1. The molecule has 0 spiro atoms. The lowest BCUT2D eigenvalue weighted by molar-refractivity contribution is 0.239. The van der Waals surface area contributed by atoms with Gasteiger partial charge in [-0.3, -0.25) is 0 Å². The summed E-state index contributed by atoms with van der Waals surface area (Å²) in [5, 5.41) is 17.1. The molecule has 82 valence electrons. The molecule has 0 aromatic heterocycles. The predicted octanol–water partition coefficient (Wildman–Crippen LogP) is 0.961. The molecule has 1 aromatic carbocycles. The van der Waals surface area contributed by atoms with Gasteiger partial charge in [0, 0.05) is 6.07 Å². The molecule has 0 fully saturated rings. The van der Waals surface area contributed by atoms with Crippen molar-refractivity contribution < 1.29 is 23.8 Å². The summed E-state index contributed by atoms with van der Waals surface area (Å²) in [5.74, 6) is -0.538. The molecule has 0 atom stereocenters. The van der Waals surface area contributed by atoms with Gasteiger partial charge >= 0.3 is 7.32 Å². The summed E-state index contributed by atoms with van der Waals surface area (Å²) >= 11 is 0. The van der Waals surface area contributed by atoms with Crippen LogP contribution >= 0.6 is 0 Å². The second-order valence-corrected chi connectivity index (χ2v) is 3.20. The van der Waals surface area contributed by atoms with Gasteiger partial charge in [0.2, 0.25) is 0 Å². The maximum Gasteiger partial charge on any atom is 0.707 e. The van der Waals surface area contributed by atoms with Crippen molar-refractivity contribution in [1.82, 2.24) is 0 Å².